The molecule has 5 nitrogen and oxygen atoms in total. The lowest BCUT2D eigenvalue weighted by atomic mass is 9.75. The number of fused-ring (bicyclic) bond motifs is 1. The summed E-state index contributed by atoms with van der Waals surface area (Å²) in [6.45, 7) is 5.58. The van der Waals surface area contributed by atoms with Gasteiger partial charge in [0, 0.05) is 37.6 Å². The van der Waals surface area contributed by atoms with Gasteiger partial charge in [-0.3, -0.25) is 0 Å². The molecule has 1 N–H and O–H groups in total. The molecule has 2 aliphatic rings. The molecule has 0 aliphatic carbocycles. The molecule has 2 heterocycles. The summed E-state index contributed by atoms with van der Waals surface area (Å²) >= 11 is 0. The normalized spacial score (nSPS) is 27.7. The second-order valence-corrected chi connectivity index (χ2v) is 6.65. The van der Waals surface area contributed by atoms with E-state index in [0.29, 0.717) is 12.5 Å². The average molecular weight is 321 g/mol. The van der Waals surface area contributed by atoms with Crippen LogP contribution >= 0.6 is 0 Å². The Kier molecular flexibility index (Phi) is 5.41. The summed E-state index contributed by atoms with van der Waals surface area (Å²) in [4.78, 5) is 2.45. The number of aliphatic hydroxyl groups excluding tert-OH is 1. The molecule has 0 radical (unpaired) electrons. The van der Waals surface area contributed by atoms with Gasteiger partial charge in [0.1, 0.15) is 11.5 Å². The number of methoxy groups -OCH3 is 1. The van der Waals surface area contributed by atoms with Gasteiger partial charge >= 0.3 is 0 Å². The first-order valence-electron chi connectivity index (χ1n) is 8.43. The lowest BCUT2D eigenvalue weighted by molar-refractivity contribution is -0.0416. The van der Waals surface area contributed by atoms with Crippen LogP contribution in [0.4, 0.5) is 0 Å². The summed E-state index contributed by atoms with van der Waals surface area (Å²) in [6.07, 6.45) is 1.97. The first kappa shape index (κ1) is 16.6. The van der Waals surface area contributed by atoms with Crippen molar-refractivity contribution >= 4 is 0 Å². The van der Waals surface area contributed by atoms with Gasteiger partial charge in [-0.25, -0.2) is 0 Å². The van der Waals surface area contributed by atoms with E-state index in [9.17, 15) is 5.11 Å². The smallest absolute Gasteiger partial charge is 0.119 e. The molecular formula is C18H27NO4. The van der Waals surface area contributed by atoms with Gasteiger partial charge in [-0.05, 0) is 37.1 Å². The second-order valence-electron chi connectivity index (χ2n) is 6.65. The van der Waals surface area contributed by atoms with Crippen LogP contribution in [0.3, 0.4) is 0 Å². The topological polar surface area (TPSA) is 51.2 Å². The Hall–Kier alpha value is -1.30. The summed E-state index contributed by atoms with van der Waals surface area (Å²) in [6, 6.07) is 7.68. The molecule has 1 aromatic rings. The Bertz CT molecular complexity index is 492. The number of benzene rings is 1. The van der Waals surface area contributed by atoms with Gasteiger partial charge < -0.3 is 24.2 Å². The highest BCUT2D eigenvalue weighted by Crippen LogP contribution is 2.41. The fraction of sp³-hybridized carbons (Fsp3) is 0.667. The van der Waals surface area contributed by atoms with E-state index in [1.165, 1.54) is 0 Å². The molecule has 2 aliphatic heterocycles. The lowest BCUT2D eigenvalue weighted by Gasteiger charge is -2.36. The van der Waals surface area contributed by atoms with Crippen molar-refractivity contribution in [3.63, 3.8) is 0 Å². The van der Waals surface area contributed by atoms with Gasteiger partial charge in [0.25, 0.3) is 0 Å². The molecule has 128 valence electrons. The Morgan fingerprint density at radius 2 is 2.09 bits per heavy atom. The van der Waals surface area contributed by atoms with Gasteiger partial charge in [0.05, 0.1) is 26.9 Å². The van der Waals surface area contributed by atoms with Crippen molar-refractivity contribution in [1.29, 1.82) is 0 Å². The highest BCUT2D eigenvalue weighted by molar-refractivity contribution is 5.31. The fourth-order valence-corrected chi connectivity index (χ4v) is 3.74. The van der Waals surface area contributed by atoms with Crippen LogP contribution in [-0.4, -0.2) is 63.2 Å². The van der Waals surface area contributed by atoms with Crippen LogP contribution in [0, 0.1) is 11.3 Å². The summed E-state index contributed by atoms with van der Waals surface area (Å²) in [5, 5.41) is 9.82. The van der Waals surface area contributed by atoms with Crippen molar-refractivity contribution in [3.05, 3.63) is 24.3 Å². The minimum absolute atomic E-state index is 0.0646. The lowest BCUT2D eigenvalue weighted by Crippen LogP contribution is -2.41. The van der Waals surface area contributed by atoms with Gasteiger partial charge in [-0.1, -0.05) is 0 Å². The van der Waals surface area contributed by atoms with E-state index in [0.717, 1.165) is 57.2 Å². The quantitative estimate of drug-likeness (QED) is 0.776. The number of likely N-dealkylation sites (tertiary alicyclic amines) is 1. The highest BCUT2D eigenvalue weighted by Gasteiger charge is 2.47. The molecule has 0 bridgehead atoms. The van der Waals surface area contributed by atoms with E-state index in [-0.39, 0.29) is 12.0 Å². The molecule has 23 heavy (non-hydrogen) atoms. The molecule has 3 rings (SSSR count). The average Bonchev–Trinajstić information content (AvgIpc) is 2.98. The van der Waals surface area contributed by atoms with Crippen LogP contribution in [0.15, 0.2) is 24.3 Å². The predicted molar refractivity (Wildman–Crippen MR) is 88.0 cm³/mol. The minimum Gasteiger partial charge on any atom is -0.497 e. The van der Waals surface area contributed by atoms with Crippen molar-refractivity contribution < 1.29 is 19.3 Å². The maximum Gasteiger partial charge on any atom is 0.119 e. The zero-order valence-corrected chi connectivity index (χ0v) is 13.9. The predicted octanol–water partition coefficient (Wildman–Crippen LogP) is 1.79. The van der Waals surface area contributed by atoms with Crippen molar-refractivity contribution in [2.75, 3.05) is 53.2 Å². The second kappa shape index (κ2) is 7.51. The molecule has 5 heteroatoms. The summed E-state index contributed by atoms with van der Waals surface area (Å²) in [5.74, 6) is 2.19. The van der Waals surface area contributed by atoms with Crippen molar-refractivity contribution in [1.82, 2.24) is 4.90 Å². The molecule has 2 atom stereocenters. The van der Waals surface area contributed by atoms with E-state index in [2.05, 4.69) is 4.90 Å². The minimum atomic E-state index is 0.0646. The third kappa shape index (κ3) is 3.79. The van der Waals surface area contributed by atoms with E-state index in [1.807, 2.05) is 24.3 Å². The highest BCUT2D eigenvalue weighted by atomic mass is 16.5. The SMILES string of the molecule is COc1ccc(OCCCN2C[C@@H]3COCC[C@]3(CO)C2)cc1. The monoisotopic (exact) mass is 321 g/mol. The number of rotatable bonds is 7. The number of ether oxygens (including phenoxy) is 3. The number of hydrogen-bond donors (Lipinski definition) is 1. The number of nitrogens with zero attached hydrogens (tertiary/aromatic N) is 1. The van der Waals surface area contributed by atoms with Crippen molar-refractivity contribution in [2.24, 2.45) is 11.3 Å². The van der Waals surface area contributed by atoms with Crippen LogP contribution in [0.25, 0.3) is 0 Å². The fourth-order valence-electron chi connectivity index (χ4n) is 3.74. The largest absolute Gasteiger partial charge is 0.497 e. The Morgan fingerprint density at radius 1 is 1.30 bits per heavy atom. The van der Waals surface area contributed by atoms with Crippen LogP contribution < -0.4 is 9.47 Å². The van der Waals surface area contributed by atoms with E-state index in [1.54, 1.807) is 7.11 Å². The third-order valence-electron chi connectivity index (χ3n) is 5.21. The molecule has 0 spiro atoms. The molecule has 0 amide bonds. The Morgan fingerprint density at radius 3 is 2.78 bits per heavy atom. The van der Waals surface area contributed by atoms with Crippen LogP contribution in [0.5, 0.6) is 11.5 Å². The summed E-state index contributed by atoms with van der Waals surface area (Å²) in [7, 11) is 1.66. The third-order valence-corrected chi connectivity index (χ3v) is 5.21. The summed E-state index contributed by atoms with van der Waals surface area (Å²) in [5.41, 5.74) is 0.0646. The van der Waals surface area contributed by atoms with E-state index >= 15 is 0 Å². The van der Waals surface area contributed by atoms with Gasteiger partial charge in [-0.15, -0.1) is 0 Å². The molecular weight excluding hydrogens is 294 g/mol. The van der Waals surface area contributed by atoms with Gasteiger partial charge in [0.15, 0.2) is 0 Å². The van der Waals surface area contributed by atoms with Crippen LogP contribution in [0.2, 0.25) is 0 Å². The zero-order valence-electron chi connectivity index (χ0n) is 13.9. The van der Waals surface area contributed by atoms with Gasteiger partial charge in [-0.2, -0.15) is 0 Å². The van der Waals surface area contributed by atoms with Crippen LogP contribution in [-0.2, 0) is 4.74 Å². The molecule has 1 aromatic carbocycles. The number of hydrogen-bond acceptors (Lipinski definition) is 5. The molecule has 0 unspecified atom stereocenters. The molecule has 2 saturated heterocycles. The van der Waals surface area contributed by atoms with Gasteiger partial charge in [0.2, 0.25) is 0 Å². The first-order valence-corrected chi connectivity index (χ1v) is 8.43. The standard InChI is InChI=1S/C18H27NO4/c1-21-16-3-5-17(6-4-16)23-9-2-8-19-11-15-12-22-10-7-18(15,13-19)14-20/h3-6,15,20H,2,7-14H2,1H3/t15-,18-/m1/s1. The van der Waals surface area contributed by atoms with Crippen molar-refractivity contribution in [2.45, 2.75) is 12.8 Å². The van der Waals surface area contributed by atoms with E-state index < -0.39 is 0 Å². The number of aliphatic hydroxyl groups is 1. The Labute approximate surface area is 138 Å². The van der Waals surface area contributed by atoms with Crippen molar-refractivity contribution in [3.8, 4) is 11.5 Å². The Balaban J connectivity index is 1.41. The molecule has 0 aromatic heterocycles. The maximum absolute atomic E-state index is 9.82. The molecule has 0 saturated carbocycles. The van der Waals surface area contributed by atoms with E-state index in [4.69, 9.17) is 14.2 Å². The molecule has 2 fully saturated rings. The maximum atomic E-state index is 9.82. The zero-order chi connectivity index (χ0) is 16.1. The summed E-state index contributed by atoms with van der Waals surface area (Å²) < 4.78 is 16.5. The first-order chi connectivity index (χ1) is 11.3. The van der Waals surface area contributed by atoms with Crippen LogP contribution in [0.1, 0.15) is 12.8 Å².